The Morgan fingerprint density at radius 3 is 2.42 bits per heavy atom. The van der Waals surface area contributed by atoms with Crippen LogP contribution in [-0.2, 0) is 11.3 Å². The standard InChI is InChI=1S/C18H15F6N3O4/c1-10(28)27-14-5-11(8-26-16(14)30-9-17(19,20)21)7-25-15(29)12-3-2-4-13(6-12)31-18(22,23)24/h2-6,8H,7,9H2,1H3,(H,25,29)(H,27,28). The predicted molar refractivity (Wildman–Crippen MR) is 94.4 cm³/mol. The van der Waals surface area contributed by atoms with Gasteiger partial charge < -0.3 is 20.1 Å². The largest absolute Gasteiger partial charge is 0.573 e. The van der Waals surface area contributed by atoms with Crippen LogP contribution < -0.4 is 20.1 Å². The number of pyridine rings is 1. The third-order valence-corrected chi connectivity index (χ3v) is 3.37. The van der Waals surface area contributed by atoms with Crippen molar-refractivity contribution in [2.45, 2.75) is 26.0 Å². The molecule has 2 aromatic rings. The second-order valence-electron chi connectivity index (χ2n) is 6.04. The number of nitrogens with zero attached hydrogens (tertiary/aromatic N) is 1. The summed E-state index contributed by atoms with van der Waals surface area (Å²) in [6, 6.07) is 5.60. The third kappa shape index (κ3) is 8.40. The molecule has 0 aliphatic rings. The summed E-state index contributed by atoms with van der Waals surface area (Å²) >= 11 is 0. The maximum Gasteiger partial charge on any atom is 0.573 e. The zero-order chi connectivity index (χ0) is 23.2. The Hall–Kier alpha value is -3.51. The summed E-state index contributed by atoms with van der Waals surface area (Å²) in [5, 5.41) is 4.68. The van der Waals surface area contributed by atoms with E-state index in [1.807, 2.05) is 0 Å². The van der Waals surface area contributed by atoms with E-state index in [1.165, 1.54) is 18.2 Å². The Balaban J connectivity index is 2.09. The number of alkyl halides is 6. The molecule has 0 aliphatic heterocycles. The normalized spacial score (nSPS) is 11.6. The smallest absolute Gasteiger partial charge is 0.467 e. The van der Waals surface area contributed by atoms with E-state index in [0.29, 0.717) is 0 Å². The third-order valence-electron chi connectivity index (χ3n) is 3.37. The van der Waals surface area contributed by atoms with Gasteiger partial charge in [0.25, 0.3) is 5.91 Å². The molecule has 0 saturated carbocycles. The number of ether oxygens (including phenoxy) is 2. The lowest BCUT2D eigenvalue weighted by Gasteiger charge is -2.14. The molecular weight excluding hydrogens is 436 g/mol. The topological polar surface area (TPSA) is 89.6 Å². The fourth-order valence-electron chi connectivity index (χ4n) is 2.26. The molecule has 0 radical (unpaired) electrons. The Labute approximate surface area is 171 Å². The van der Waals surface area contributed by atoms with Crippen molar-refractivity contribution >= 4 is 17.5 Å². The van der Waals surface area contributed by atoms with Crippen molar-refractivity contribution in [2.24, 2.45) is 0 Å². The fraction of sp³-hybridized carbons (Fsp3) is 0.278. The average molecular weight is 451 g/mol. The molecule has 0 aliphatic carbocycles. The van der Waals surface area contributed by atoms with E-state index in [0.717, 1.165) is 25.3 Å². The van der Waals surface area contributed by atoms with Crippen LogP contribution in [0.5, 0.6) is 11.6 Å². The minimum absolute atomic E-state index is 0.123. The number of hydrogen-bond acceptors (Lipinski definition) is 5. The van der Waals surface area contributed by atoms with Gasteiger partial charge in [0, 0.05) is 25.2 Å². The average Bonchev–Trinajstić information content (AvgIpc) is 2.63. The van der Waals surface area contributed by atoms with Gasteiger partial charge in [-0.3, -0.25) is 9.59 Å². The van der Waals surface area contributed by atoms with Crippen LogP contribution in [0.15, 0.2) is 36.5 Å². The van der Waals surface area contributed by atoms with Gasteiger partial charge in [0.15, 0.2) is 6.61 Å². The molecule has 1 aromatic heterocycles. The minimum atomic E-state index is -4.92. The first kappa shape index (κ1) is 23.8. The number of halogens is 6. The van der Waals surface area contributed by atoms with Gasteiger partial charge in [0.05, 0.1) is 0 Å². The fourth-order valence-corrected chi connectivity index (χ4v) is 2.26. The van der Waals surface area contributed by atoms with Crippen LogP contribution >= 0.6 is 0 Å². The SMILES string of the molecule is CC(=O)Nc1cc(CNC(=O)c2cccc(OC(F)(F)F)c2)cnc1OCC(F)(F)F. The molecule has 0 saturated heterocycles. The van der Waals surface area contributed by atoms with Gasteiger partial charge in [0.2, 0.25) is 11.8 Å². The molecule has 7 nitrogen and oxygen atoms in total. The van der Waals surface area contributed by atoms with Crippen LogP contribution in [-0.4, -0.2) is 35.9 Å². The Morgan fingerprint density at radius 2 is 1.81 bits per heavy atom. The van der Waals surface area contributed by atoms with Crippen molar-refractivity contribution in [3.63, 3.8) is 0 Å². The van der Waals surface area contributed by atoms with E-state index in [1.54, 1.807) is 0 Å². The van der Waals surface area contributed by atoms with E-state index >= 15 is 0 Å². The highest BCUT2D eigenvalue weighted by molar-refractivity contribution is 5.94. The first-order chi connectivity index (χ1) is 14.3. The van der Waals surface area contributed by atoms with Crippen LogP contribution in [0.25, 0.3) is 0 Å². The van der Waals surface area contributed by atoms with Crippen LogP contribution in [0.2, 0.25) is 0 Å². The lowest BCUT2D eigenvalue weighted by atomic mass is 10.2. The second kappa shape index (κ2) is 9.53. The van der Waals surface area contributed by atoms with E-state index in [4.69, 9.17) is 0 Å². The summed E-state index contributed by atoms with van der Waals surface area (Å²) in [5.74, 6) is -2.40. The molecule has 1 heterocycles. The summed E-state index contributed by atoms with van der Waals surface area (Å²) in [7, 11) is 0. The summed E-state index contributed by atoms with van der Waals surface area (Å²) in [6.45, 7) is -0.695. The molecule has 168 valence electrons. The van der Waals surface area contributed by atoms with Crippen LogP contribution in [0.4, 0.5) is 32.0 Å². The monoisotopic (exact) mass is 451 g/mol. The van der Waals surface area contributed by atoms with Gasteiger partial charge in [-0.2, -0.15) is 13.2 Å². The number of benzene rings is 1. The van der Waals surface area contributed by atoms with Gasteiger partial charge in [-0.15, -0.1) is 13.2 Å². The van der Waals surface area contributed by atoms with Crippen molar-refractivity contribution in [2.75, 3.05) is 11.9 Å². The predicted octanol–water partition coefficient (Wildman–Crippen LogP) is 3.81. The van der Waals surface area contributed by atoms with Gasteiger partial charge in [-0.25, -0.2) is 4.98 Å². The molecule has 0 fully saturated rings. The van der Waals surface area contributed by atoms with E-state index in [2.05, 4.69) is 25.1 Å². The van der Waals surface area contributed by atoms with E-state index in [9.17, 15) is 35.9 Å². The second-order valence-corrected chi connectivity index (χ2v) is 6.04. The number of rotatable bonds is 7. The highest BCUT2D eigenvalue weighted by atomic mass is 19.4. The van der Waals surface area contributed by atoms with Crippen molar-refractivity contribution in [1.29, 1.82) is 0 Å². The Bertz CT molecular complexity index is 947. The van der Waals surface area contributed by atoms with Crippen LogP contribution in [0.3, 0.4) is 0 Å². The van der Waals surface area contributed by atoms with Crippen molar-refractivity contribution in [3.8, 4) is 11.6 Å². The number of aromatic nitrogens is 1. The number of amides is 2. The van der Waals surface area contributed by atoms with Gasteiger partial charge in [0.1, 0.15) is 11.4 Å². The molecular formula is C18H15F6N3O4. The van der Waals surface area contributed by atoms with Gasteiger partial charge in [-0.1, -0.05) is 6.07 Å². The maximum atomic E-state index is 12.3. The number of carbonyl (C=O) groups is 2. The molecule has 2 rings (SSSR count). The molecule has 0 spiro atoms. The number of hydrogen-bond donors (Lipinski definition) is 2. The Kier molecular flexibility index (Phi) is 7.31. The lowest BCUT2D eigenvalue weighted by molar-refractivity contribution is -0.274. The summed E-state index contributed by atoms with van der Waals surface area (Å²) in [4.78, 5) is 27.2. The summed E-state index contributed by atoms with van der Waals surface area (Å²) in [5.41, 5.74) is 0.00477. The van der Waals surface area contributed by atoms with Gasteiger partial charge >= 0.3 is 12.5 Å². The van der Waals surface area contributed by atoms with Crippen molar-refractivity contribution < 1.29 is 45.4 Å². The maximum absolute atomic E-state index is 12.3. The lowest BCUT2D eigenvalue weighted by Crippen LogP contribution is -2.24. The molecule has 2 N–H and O–H groups in total. The first-order valence-electron chi connectivity index (χ1n) is 8.42. The van der Waals surface area contributed by atoms with E-state index < -0.39 is 42.6 Å². The number of carbonyl (C=O) groups excluding carboxylic acids is 2. The number of nitrogens with one attached hydrogen (secondary N) is 2. The Morgan fingerprint density at radius 1 is 1.10 bits per heavy atom. The van der Waals surface area contributed by atoms with Crippen molar-refractivity contribution in [1.82, 2.24) is 10.3 Å². The zero-order valence-corrected chi connectivity index (χ0v) is 15.7. The molecule has 31 heavy (non-hydrogen) atoms. The molecule has 0 bridgehead atoms. The van der Waals surface area contributed by atoms with E-state index in [-0.39, 0.29) is 23.4 Å². The minimum Gasteiger partial charge on any atom is -0.467 e. The zero-order valence-electron chi connectivity index (χ0n) is 15.7. The van der Waals surface area contributed by atoms with Gasteiger partial charge in [-0.05, 0) is 29.8 Å². The molecule has 2 amide bonds. The summed E-state index contributed by atoms with van der Waals surface area (Å²) < 4.78 is 82.2. The van der Waals surface area contributed by atoms with Crippen LogP contribution in [0, 0.1) is 0 Å². The first-order valence-corrected chi connectivity index (χ1v) is 8.42. The molecule has 13 heteroatoms. The van der Waals surface area contributed by atoms with Crippen LogP contribution in [0.1, 0.15) is 22.8 Å². The molecule has 1 aromatic carbocycles. The summed E-state index contributed by atoms with van der Waals surface area (Å²) in [6.07, 6.45) is -8.43. The highest BCUT2D eigenvalue weighted by Crippen LogP contribution is 2.26. The highest BCUT2D eigenvalue weighted by Gasteiger charge is 2.31. The molecule has 0 atom stereocenters. The quantitative estimate of drug-likeness (QED) is 0.625. The van der Waals surface area contributed by atoms with Crippen molar-refractivity contribution in [3.05, 3.63) is 47.7 Å². The number of anilines is 1. The molecule has 0 unspecified atom stereocenters.